The monoisotopic (exact) mass is 241 g/mol. The molecule has 1 aliphatic carbocycles. The Labute approximate surface area is 103 Å². The first-order valence-corrected chi connectivity index (χ1v) is 6.78. The van der Waals surface area contributed by atoms with E-state index in [1.54, 1.807) is 0 Å². The summed E-state index contributed by atoms with van der Waals surface area (Å²) in [7, 11) is 0. The summed E-state index contributed by atoms with van der Waals surface area (Å²) in [5, 5.41) is 12.2. The average molecular weight is 241 g/mol. The SMILES string of the molecule is O=C(CCC1CCCCO1)NC1(CO)CCC1. The molecule has 1 atom stereocenters. The van der Waals surface area contributed by atoms with E-state index in [1.807, 2.05) is 0 Å². The largest absolute Gasteiger partial charge is 0.394 e. The van der Waals surface area contributed by atoms with Crippen LogP contribution in [0, 0.1) is 0 Å². The van der Waals surface area contributed by atoms with Gasteiger partial charge in [-0.15, -0.1) is 0 Å². The number of nitrogens with one attached hydrogen (secondary N) is 1. The van der Waals surface area contributed by atoms with Crippen LogP contribution < -0.4 is 5.32 Å². The molecule has 0 aromatic heterocycles. The third-order valence-corrected chi connectivity index (χ3v) is 3.99. The maximum atomic E-state index is 11.8. The molecule has 4 nitrogen and oxygen atoms in total. The van der Waals surface area contributed by atoms with Crippen molar-refractivity contribution in [1.82, 2.24) is 5.32 Å². The topological polar surface area (TPSA) is 58.6 Å². The molecule has 2 aliphatic rings. The number of aliphatic hydroxyl groups is 1. The summed E-state index contributed by atoms with van der Waals surface area (Å²) in [5.41, 5.74) is -0.301. The molecule has 1 aliphatic heterocycles. The first-order chi connectivity index (χ1) is 8.24. The highest BCUT2D eigenvalue weighted by atomic mass is 16.5. The predicted molar refractivity (Wildman–Crippen MR) is 64.6 cm³/mol. The van der Waals surface area contributed by atoms with Crippen LogP contribution >= 0.6 is 0 Å². The van der Waals surface area contributed by atoms with Gasteiger partial charge in [-0.2, -0.15) is 0 Å². The standard InChI is InChI=1S/C13H23NO3/c15-10-13(7-3-8-13)14-12(16)6-5-11-4-1-2-9-17-11/h11,15H,1-10H2,(H,14,16). The summed E-state index contributed by atoms with van der Waals surface area (Å²) in [5.74, 6) is 0.0629. The number of amides is 1. The van der Waals surface area contributed by atoms with Crippen molar-refractivity contribution in [2.24, 2.45) is 0 Å². The molecule has 1 unspecified atom stereocenters. The van der Waals surface area contributed by atoms with Crippen molar-refractivity contribution in [3.63, 3.8) is 0 Å². The van der Waals surface area contributed by atoms with Crippen LogP contribution in [0.1, 0.15) is 51.4 Å². The third kappa shape index (κ3) is 3.42. The minimum absolute atomic E-state index is 0.0629. The van der Waals surface area contributed by atoms with E-state index in [4.69, 9.17) is 4.74 Å². The molecule has 1 amide bonds. The number of hydrogen-bond donors (Lipinski definition) is 2. The highest BCUT2D eigenvalue weighted by molar-refractivity contribution is 5.77. The Hall–Kier alpha value is -0.610. The second kappa shape index (κ2) is 5.83. The highest BCUT2D eigenvalue weighted by Gasteiger charge is 2.37. The normalized spacial score (nSPS) is 27.2. The lowest BCUT2D eigenvalue weighted by Crippen LogP contribution is -2.56. The number of ether oxygens (including phenoxy) is 1. The van der Waals surface area contributed by atoms with Gasteiger partial charge in [-0.3, -0.25) is 4.79 Å². The van der Waals surface area contributed by atoms with Crippen molar-refractivity contribution < 1.29 is 14.6 Å². The van der Waals surface area contributed by atoms with Gasteiger partial charge in [0.1, 0.15) is 0 Å². The van der Waals surface area contributed by atoms with Crippen LogP contribution in [0.5, 0.6) is 0 Å². The van der Waals surface area contributed by atoms with Crippen molar-refractivity contribution in [2.45, 2.75) is 63.0 Å². The van der Waals surface area contributed by atoms with Gasteiger partial charge in [-0.05, 0) is 44.9 Å². The highest BCUT2D eigenvalue weighted by Crippen LogP contribution is 2.31. The Morgan fingerprint density at radius 3 is 2.71 bits per heavy atom. The molecule has 1 saturated carbocycles. The van der Waals surface area contributed by atoms with E-state index in [0.717, 1.165) is 45.1 Å². The molecule has 98 valence electrons. The number of carbonyl (C=O) groups is 1. The Balaban J connectivity index is 1.66. The van der Waals surface area contributed by atoms with Gasteiger partial charge in [-0.25, -0.2) is 0 Å². The molecule has 1 saturated heterocycles. The van der Waals surface area contributed by atoms with Gasteiger partial charge in [0.2, 0.25) is 5.91 Å². The summed E-state index contributed by atoms with van der Waals surface area (Å²) in [6.45, 7) is 0.908. The molecule has 4 heteroatoms. The molecule has 0 spiro atoms. The summed E-state index contributed by atoms with van der Waals surface area (Å²) in [6.07, 6.45) is 7.97. The molecule has 0 radical (unpaired) electrons. The van der Waals surface area contributed by atoms with Crippen molar-refractivity contribution in [3.8, 4) is 0 Å². The number of hydrogen-bond acceptors (Lipinski definition) is 3. The Morgan fingerprint density at radius 1 is 1.35 bits per heavy atom. The number of aliphatic hydroxyl groups excluding tert-OH is 1. The first kappa shape index (κ1) is 12.8. The van der Waals surface area contributed by atoms with E-state index < -0.39 is 0 Å². The average Bonchev–Trinajstić information content (AvgIpc) is 2.33. The molecule has 0 aromatic carbocycles. The maximum absolute atomic E-state index is 11.8. The second-order valence-corrected chi connectivity index (χ2v) is 5.37. The van der Waals surface area contributed by atoms with Gasteiger partial charge >= 0.3 is 0 Å². The molecule has 1 heterocycles. The van der Waals surface area contributed by atoms with Crippen molar-refractivity contribution in [3.05, 3.63) is 0 Å². The van der Waals surface area contributed by atoms with Crippen LogP contribution in [0.3, 0.4) is 0 Å². The van der Waals surface area contributed by atoms with Crippen molar-refractivity contribution in [2.75, 3.05) is 13.2 Å². The number of carbonyl (C=O) groups excluding carboxylic acids is 1. The molecule has 0 aromatic rings. The summed E-state index contributed by atoms with van der Waals surface area (Å²) in [6, 6.07) is 0. The van der Waals surface area contributed by atoms with Gasteiger partial charge in [-0.1, -0.05) is 0 Å². The van der Waals surface area contributed by atoms with Gasteiger partial charge < -0.3 is 15.2 Å². The van der Waals surface area contributed by atoms with Gasteiger partial charge in [0.25, 0.3) is 0 Å². The Bertz CT molecular complexity index is 252. The van der Waals surface area contributed by atoms with Crippen LogP contribution in [0.15, 0.2) is 0 Å². The summed E-state index contributed by atoms with van der Waals surface area (Å²) in [4.78, 5) is 11.8. The molecular formula is C13H23NO3. The minimum Gasteiger partial charge on any atom is -0.394 e. The van der Waals surface area contributed by atoms with Gasteiger partial charge in [0, 0.05) is 13.0 Å². The Kier molecular flexibility index (Phi) is 4.40. The van der Waals surface area contributed by atoms with E-state index in [9.17, 15) is 9.90 Å². The molecule has 17 heavy (non-hydrogen) atoms. The van der Waals surface area contributed by atoms with E-state index in [0.29, 0.717) is 6.42 Å². The van der Waals surface area contributed by atoms with Crippen LogP contribution in [0.25, 0.3) is 0 Å². The lowest BCUT2D eigenvalue weighted by molar-refractivity contribution is -0.126. The van der Waals surface area contributed by atoms with Crippen LogP contribution in [-0.4, -0.2) is 35.9 Å². The van der Waals surface area contributed by atoms with Crippen LogP contribution in [0.4, 0.5) is 0 Å². The molecule has 0 bridgehead atoms. The van der Waals surface area contributed by atoms with Gasteiger partial charge in [0.15, 0.2) is 0 Å². The second-order valence-electron chi connectivity index (χ2n) is 5.37. The first-order valence-electron chi connectivity index (χ1n) is 6.78. The molecule has 2 fully saturated rings. The zero-order chi connectivity index (χ0) is 12.1. The quantitative estimate of drug-likeness (QED) is 0.764. The van der Waals surface area contributed by atoms with Crippen LogP contribution in [0.2, 0.25) is 0 Å². The number of rotatable bonds is 5. The molecular weight excluding hydrogens is 218 g/mol. The minimum atomic E-state index is -0.301. The van der Waals surface area contributed by atoms with E-state index in [-0.39, 0.29) is 24.2 Å². The summed E-state index contributed by atoms with van der Waals surface area (Å²) >= 11 is 0. The van der Waals surface area contributed by atoms with E-state index in [1.165, 1.54) is 6.42 Å². The fourth-order valence-corrected chi connectivity index (χ4v) is 2.61. The van der Waals surface area contributed by atoms with E-state index in [2.05, 4.69) is 5.32 Å². The summed E-state index contributed by atoms with van der Waals surface area (Å²) < 4.78 is 5.60. The Morgan fingerprint density at radius 2 is 2.18 bits per heavy atom. The molecule has 2 rings (SSSR count). The molecule has 2 N–H and O–H groups in total. The van der Waals surface area contributed by atoms with Gasteiger partial charge in [0.05, 0.1) is 18.2 Å². The van der Waals surface area contributed by atoms with Crippen LogP contribution in [-0.2, 0) is 9.53 Å². The lowest BCUT2D eigenvalue weighted by atomic mass is 9.77. The fraction of sp³-hybridized carbons (Fsp3) is 0.923. The predicted octanol–water partition coefficient (Wildman–Crippen LogP) is 1.37. The van der Waals surface area contributed by atoms with Crippen molar-refractivity contribution in [1.29, 1.82) is 0 Å². The maximum Gasteiger partial charge on any atom is 0.220 e. The fourth-order valence-electron chi connectivity index (χ4n) is 2.61. The zero-order valence-corrected chi connectivity index (χ0v) is 10.4. The zero-order valence-electron chi connectivity index (χ0n) is 10.4. The third-order valence-electron chi connectivity index (χ3n) is 3.99. The smallest absolute Gasteiger partial charge is 0.220 e. The van der Waals surface area contributed by atoms with Crippen molar-refractivity contribution >= 4 is 5.91 Å². The lowest BCUT2D eigenvalue weighted by Gasteiger charge is -2.41. The van der Waals surface area contributed by atoms with E-state index >= 15 is 0 Å².